The molecule has 0 radical (unpaired) electrons. The zero-order valence-electron chi connectivity index (χ0n) is 14.0. The number of amides is 2. The van der Waals surface area contributed by atoms with Gasteiger partial charge in [-0.05, 0) is 37.3 Å². The molecule has 7 heteroatoms. The van der Waals surface area contributed by atoms with Gasteiger partial charge in [0.25, 0.3) is 11.8 Å². The largest absolute Gasteiger partial charge is 0.459 e. The Balaban J connectivity index is 1.53. The van der Waals surface area contributed by atoms with Crippen molar-refractivity contribution in [2.24, 2.45) is 0 Å². The first-order chi connectivity index (χ1) is 12.0. The van der Waals surface area contributed by atoms with Crippen LogP contribution in [0.25, 0.3) is 0 Å². The highest BCUT2D eigenvalue weighted by Crippen LogP contribution is 2.09. The van der Waals surface area contributed by atoms with Crippen molar-refractivity contribution in [1.82, 2.24) is 4.90 Å². The van der Waals surface area contributed by atoms with Gasteiger partial charge in [-0.2, -0.15) is 0 Å². The van der Waals surface area contributed by atoms with Crippen LogP contribution in [0.2, 0.25) is 0 Å². The predicted molar refractivity (Wildman–Crippen MR) is 89.8 cm³/mol. The molecule has 0 bridgehead atoms. The van der Waals surface area contributed by atoms with Crippen LogP contribution >= 0.6 is 0 Å². The molecule has 2 amide bonds. The number of rotatable bonds is 4. The van der Waals surface area contributed by atoms with Crippen molar-refractivity contribution in [3.8, 4) is 0 Å². The summed E-state index contributed by atoms with van der Waals surface area (Å²) in [5.74, 6) is -0.337. The second-order valence-electron chi connectivity index (χ2n) is 6.15. The van der Waals surface area contributed by atoms with E-state index in [-0.39, 0.29) is 23.7 Å². The number of piperazine rings is 1. The summed E-state index contributed by atoms with van der Waals surface area (Å²) in [6.07, 6.45) is 1.48. The smallest absolute Gasteiger partial charge is 0.289 e. The van der Waals surface area contributed by atoms with Crippen molar-refractivity contribution in [2.75, 3.05) is 31.5 Å². The quantitative estimate of drug-likeness (QED) is 0.860. The Morgan fingerprint density at radius 3 is 2.64 bits per heavy atom. The van der Waals surface area contributed by atoms with Gasteiger partial charge in [0.1, 0.15) is 5.82 Å². The fraction of sp³-hybridized carbons (Fsp3) is 0.333. The van der Waals surface area contributed by atoms with E-state index >= 15 is 0 Å². The molecule has 0 unspecified atom stereocenters. The van der Waals surface area contributed by atoms with Gasteiger partial charge in [0.05, 0.1) is 32.4 Å². The van der Waals surface area contributed by atoms with Crippen molar-refractivity contribution in [3.05, 3.63) is 54.2 Å². The molecule has 0 saturated carbocycles. The van der Waals surface area contributed by atoms with Gasteiger partial charge >= 0.3 is 0 Å². The average molecular weight is 346 g/mol. The predicted octanol–water partition coefficient (Wildman–Crippen LogP) is 0.787. The average Bonchev–Trinajstić information content (AvgIpc) is 3.15. The van der Waals surface area contributed by atoms with Crippen LogP contribution < -0.4 is 10.2 Å². The summed E-state index contributed by atoms with van der Waals surface area (Å²) in [7, 11) is 0. The first kappa shape index (κ1) is 17.2. The molecule has 0 aliphatic carbocycles. The summed E-state index contributed by atoms with van der Waals surface area (Å²) >= 11 is 0. The minimum atomic E-state index is -0.386. The van der Waals surface area contributed by atoms with Crippen LogP contribution in [0.5, 0.6) is 0 Å². The Bertz CT molecular complexity index is 740. The Kier molecular flexibility index (Phi) is 5.14. The maximum atomic E-state index is 13.2. The lowest BCUT2D eigenvalue weighted by Crippen LogP contribution is -3.19. The third-order valence-electron chi connectivity index (χ3n) is 4.52. The van der Waals surface area contributed by atoms with Crippen LogP contribution in [0.1, 0.15) is 17.5 Å². The molecule has 25 heavy (non-hydrogen) atoms. The number of carbonyl (C=O) groups is 2. The van der Waals surface area contributed by atoms with Crippen LogP contribution in [0.4, 0.5) is 10.1 Å². The van der Waals surface area contributed by atoms with Crippen molar-refractivity contribution in [2.45, 2.75) is 13.0 Å². The fourth-order valence-electron chi connectivity index (χ4n) is 2.99. The SMILES string of the molecule is C[C@@H](C(=O)Nc1cccc(F)c1)[NH+]1CCN(C(=O)c2ccco2)CC1. The monoisotopic (exact) mass is 346 g/mol. The van der Waals surface area contributed by atoms with E-state index in [1.807, 2.05) is 6.92 Å². The molecular formula is C18H21FN3O3+. The highest BCUT2D eigenvalue weighted by Gasteiger charge is 2.31. The number of furan rings is 1. The van der Waals surface area contributed by atoms with Crippen molar-refractivity contribution >= 4 is 17.5 Å². The number of anilines is 1. The molecule has 2 N–H and O–H groups in total. The standard InChI is InChI=1S/C18H20FN3O3/c1-13(17(23)20-15-5-2-4-14(19)12-15)21-7-9-22(10-8-21)18(24)16-6-3-11-25-16/h2-6,11-13H,7-10H2,1H3,(H,20,23)/p+1/t13-/m0/s1. The lowest BCUT2D eigenvalue weighted by Gasteiger charge is -2.34. The Labute approximate surface area is 145 Å². The lowest BCUT2D eigenvalue weighted by molar-refractivity contribution is -0.917. The molecular weight excluding hydrogens is 325 g/mol. The number of nitrogens with zero attached hydrogens (tertiary/aromatic N) is 1. The number of nitrogens with one attached hydrogen (secondary N) is 2. The maximum Gasteiger partial charge on any atom is 0.289 e. The highest BCUT2D eigenvalue weighted by atomic mass is 19.1. The zero-order valence-corrected chi connectivity index (χ0v) is 14.0. The summed E-state index contributed by atoms with van der Waals surface area (Å²) in [4.78, 5) is 27.5. The number of hydrogen-bond acceptors (Lipinski definition) is 3. The summed E-state index contributed by atoms with van der Waals surface area (Å²) in [6, 6.07) is 8.89. The molecule has 1 aromatic carbocycles. The van der Waals surface area contributed by atoms with Crippen molar-refractivity contribution < 1.29 is 23.3 Å². The van der Waals surface area contributed by atoms with Crippen molar-refractivity contribution in [3.63, 3.8) is 0 Å². The van der Waals surface area contributed by atoms with E-state index in [9.17, 15) is 14.0 Å². The molecule has 132 valence electrons. The van der Waals surface area contributed by atoms with E-state index in [4.69, 9.17) is 4.42 Å². The van der Waals surface area contributed by atoms with E-state index in [0.717, 1.165) is 4.90 Å². The Morgan fingerprint density at radius 2 is 2.00 bits per heavy atom. The van der Waals surface area contributed by atoms with Gasteiger partial charge < -0.3 is 19.5 Å². The fourth-order valence-corrected chi connectivity index (χ4v) is 2.99. The van der Waals surface area contributed by atoms with Gasteiger partial charge in [-0.3, -0.25) is 9.59 Å². The molecule has 1 fully saturated rings. The van der Waals surface area contributed by atoms with Crippen molar-refractivity contribution in [1.29, 1.82) is 0 Å². The second-order valence-corrected chi connectivity index (χ2v) is 6.15. The minimum Gasteiger partial charge on any atom is -0.459 e. The third kappa shape index (κ3) is 4.06. The number of benzene rings is 1. The first-order valence-corrected chi connectivity index (χ1v) is 8.28. The van der Waals surface area contributed by atoms with Crippen LogP contribution in [0, 0.1) is 5.82 Å². The Hall–Kier alpha value is -2.67. The molecule has 2 heterocycles. The zero-order chi connectivity index (χ0) is 17.8. The number of carbonyl (C=O) groups excluding carboxylic acids is 2. The minimum absolute atomic E-state index is 0.124. The summed E-state index contributed by atoms with van der Waals surface area (Å²) in [5, 5.41) is 2.74. The first-order valence-electron chi connectivity index (χ1n) is 8.28. The molecule has 3 rings (SSSR count). The molecule has 2 aromatic rings. The summed E-state index contributed by atoms with van der Waals surface area (Å²) < 4.78 is 18.4. The molecule has 1 aliphatic rings. The number of hydrogen-bond donors (Lipinski definition) is 2. The van der Waals surface area contributed by atoms with Gasteiger partial charge in [-0.25, -0.2) is 4.39 Å². The lowest BCUT2D eigenvalue weighted by atomic mass is 10.2. The van der Waals surface area contributed by atoms with Gasteiger partial charge in [0, 0.05) is 5.69 Å². The topological polar surface area (TPSA) is 67.0 Å². The van der Waals surface area contributed by atoms with Crippen LogP contribution in [0.3, 0.4) is 0 Å². The Morgan fingerprint density at radius 1 is 1.24 bits per heavy atom. The third-order valence-corrected chi connectivity index (χ3v) is 4.52. The van der Waals surface area contributed by atoms with E-state index in [0.29, 0.717) is 37.6 Å². The molecule has 1 aromatic heterocycles. The maximum absolute atomic E-state index is 13.2. The molecule has 1 saturated heterocycles. The van der Waals surface area contributed by atoms with E-state index in [1.54, 1.807) is 29.2 Å². The van der Waals surface area contributed by atoms with E-state index in [2.05, 4.69) is 5.32 Å². The molecule has 1 atom stereocenters. The van der Waals surface area contributed by atoms with Gasteiger partial charge in [-0.1, -0.05) is 6.07 Å². The van der Waals surface area contributed by atoms with Crippen LogP contribution in [-0.4, -0.2) is 48.9 Å². The number of quaternary nitrogens is 1. The second kappa shape index (κ2) is 7.48. The highest BCUT2D eigenvalue weighted by molar-refractivity contribution is 5.93. The van der Waals surface area contributed by atoms with Gasteiger partial charge in [0.15, 0.2) is 11.8 Å². The normalized spacial score (nSPS) is 16.5. The van der Waals surface area contributed by atoms with E-state index < -0.39 is 0 Å². The molecule has 1 aliphatic heterocycles. The van der Waals surface area contributed by atoms with Crippen LogP contribution in [-0.2, 0) is 4.79 Å². The summed E-state index contributed by atoms with van der Waals surface area (Å²) in [5.41, 5.74) is 0.447. The van der Waals surface area contributed by atoms with E-state index in [1.165, 1.54) is 18.4 Å². The summed E-state index contributed by atoms with van der Waals surface area (Å²) in [6.45, 7) is 4.31. The molecule has 6 nitrogen and oxygen atoms in total. The van der Waals surface area contributed by atoms with Gasteiger partial charge in [0.2, 0.25) is 0 Å². The molecule has 0 spiro atoms. The van der Waals surface area contributed by atoms with Crippen LogP contribution in [0.15, 0.2) is 47.1 Å². The number of halogens is 1. The van der Waals surface area contributed by atoms with Gasteiger partial charge in [-0.15, -0.1) is 0 Å².